The van der Waals surface area contributed by atoms with Gasteiger partial charge in [0.05, 0.1) is 0 Å². The summed E-state index contributed by atoms with van der Waals surface area (Å²) in [6.45, 7) is 0. The lowest BCUT2D eigenvalue weighted by Gasteiger charge is -2.15. The van der Waals surface area contributed by atoms with E-state index in [1.165, 1.54) is 4.88 Å². The second kappa shape index (κ2) is 7.11. The average molecular weight is 324 g/mol. The van der Waals surface area contributed by atoms with Crippen LogP contribution in [0.3, 0.4) is 0 Å². The zero-order valence-electron chi connectivity index (χ0n) is 12.4. The molecule has 23 heavy (non-hydrogen) atoms. The smallest absolute Gasteiger partial charge is 0.345 e. The van der Waals surface area contributed by atoms with Gasteiger partial charge in [0.1, 0.15) is 5.75 Å². The molecule has 0 amide bonds. The molecule has 2 aromatic carbocycles. The molecule has 0 unspecified atom stereocenters. The van der Waals surface area contributed by atoms with Crippen molar-refractivity contribution in [3.63, 3.8) is 0 Å². The molecule has 116 valence electrons. The number of carbonyl (C=O) groups is 1. The van der Waals surface area contributed by atoms with Crippen molar-refractivity contribution in [3.8, 4) is 16.2 Å². The molecular formula is C19H16O3S. The van der Waals surface area contributed by atoms with E-state index in [1.54, 1.807) is 11.3 Å². The number of carboxylic acid groups (broad SMARTS) is 1. The average Bonchev–Trinajstić information content (AvgIpc) is 3.10. The van der Waals surface area contributed by atoms with Gasteiger partial charge < -0.3 is 9.84 Å². The molecule has 1 aromatic heterocycles. The second-order valence-electron chi connectivity index (χ2n) is 5.14. The van der Waals surface area contributed by atoms with Crippen molar-refractivity contribution in [3.05, 3.63) is 77.7 Å². The Hall–Kier alpha value is -2.59. The fourth-order valence-electron chi connectivity index (χ4n) is 2.31. The Kier molecular flexibility index (Phi) is 4.74. The summed E-state index contributed by atoms with van der Waals surface area (Å²) in [6, 6.07) is 21.1. The molecule has 3 nitrogen and oxygen atoms in total. The SMILES string of the molecule is O=C(O)[C@H](Cc1ccccc1)Oc1ccc(-c2cccs2)cc1. The van der Waals surface area contributed by atoms with Crippen molar-refractivity contribution < 1.29 is 14.6 Å². The van der Waals surface area contributed by atoms with Crippen LogP contribution in [0.15, 0.2) is 72.1 Å². The van der Waals surface area contributed by atoms with Crippen LogP contribution in [0.1, 0.15) is 5.56 Å². The summed E-state index contributed by atoms with van der Waals surface area (Å²) in [6.07, 6.45) is -0.562. The van der Waals surface area contributed by atoms with E-state index in [9.17, 15) is 9.90 Å². The summed E-state index contributed by atoms with van der Waals surface area (Å²) in [5.41, 5.74) is 2.04. The van der Waals surface area contributed by atoms with Crippen LogP contribution in [0, 0.1) is 0 Å². The molecule has 1 heterocycles. The number of hydrogen-bond donors (Lipinski definition) is 1. The van der Waals surface area contributed by atoms with Crippen molar-refractivity contribution >= 4 is 17.3 Å². The van der Waals surface area contributed by atoms with Gasteiger partial charge in [-0.1, -0.05) is 36.4 Å². The number of carboxylic acids is 1. The molecule has 3 rings (SSSR count). The first kappa shape index (κ1) is 15.3. The maximum atomic E-state index is 11.4. The molecule has 1 atom stereocenters. The molecule has 0 fully saturated rings. The fourth-order valence-corrected chi connectivity index (χ4v) is 3.05. The summed E-state index contributed by atoms with van der Waals surface area (Å²) in [7, 11) is 0. The number of thiophene rings is 1. The molecule has 0 aliphatic heterocycles. The highest BCUT2D eigenvalue weighted by molar-refractivity contribution is 7.13. The van der Waals surface area contributed by atoms with Crippen LogP contribution in [0.5, 0.6) is 5.75 Å². The number of ether oxygens (including phenoxy) is 1. The number of hydrogen-bond acceptors (Lipinski definition) is 3. The van der Waals surface area contributed by atoms with E-state index < -0.39 is 12.1 Å². The summed E-state index contributed by atoms with van der Waals surface area (Å²) >= 11 is 1.67. The van der Waals surface area contributed by atoms with Gasteiger partial charge in [0.15, 0.2) is 6.10 Å². The van der Waals surface area contributed by atoms with Crippen molar-refractivity contribution in [2.75, 3.05) is 0 Å². The highest BCUT2D eigenvalue weighted by Crippen LogP contribution is 2.27. The van der Waals surface area contributed by atoms with Gasteiger partial charge >= 0.3 is 5.97 Å². The van der Waals surface area contributed by atoms with Crippen LogP contribution in [0.25, 0.3) is 10.4 Å². The molecule has 3 aromatic rings. The quantitative estimate of drug-likeness (QED) is 0.726. The third-order valence-corrected chi connectivity index (χ3v) is 4.40. The van der Waals surface area contributed by atoms with E-state index >= 15 is 0 Å². The van der Waals surface area contributed by atoms with Gasteiger partial charge in [0.2, 0.25) is 0 Å². The highest BCUT2D eigenvalue weighted by Gasteiger charge is 2.20. The van der Waals surface area contributed by atoms with Crippen LogP contribution >= 0.6 is 11.3 Å². The fraction of sp³-hybridized carbons (Fsp3) is 0.105. The third-order valence-electron chi connectivity index (χ3n) is 3.48. The summed E-state index contributed by atoms with van der Waals surface area (Å²) in [5, 5.41) is 11.4. The van der Waals surface area contributed by atoms with Gasteiger partial charge in [-0.05, 0) is 46.8 Å². The standard InChI is InChI=1S/C19H16O3S/c20-19(21)17(13-14-5-2-1-3-6-14)22-16-10-8-15(9-11-16)18-7-4-12-23-18/h1-12,17H,13H2,(H,20,21)/t17-/m0/s1. The molecule has 0 aliphatic rings. The molecule has 1 N–H and O–H groups in total. The first-order valence-corrected chi connectivity index (χ1v) is 8.17. The van der Waals surface area contributed by atoms with E-state index in [4.69, 9.17) is 4.74 Å². The molecule has 0 saturated carbocycles. The van der Waals surface area contributed by atoms with Gasteiger partial charge in [-0.15, -0.1) is 11.3 Å². The van der Waals surface area contributed by atoms with E-state index in [0.717, 1.165) is 11.1 Å². The molecule has 0 saturated heterocycles. The van der Waals surface area contributed by atoms with Gasteiger partial charge in [0, 0.05) is 11.3 Å². The molecule has 4 heteroatoms. The normalized spacial score (nSPS) is 11.8. The summed E-state index contributed by atoms with van der Waals surface area (Å²) < 4.78 is 5.66. The van der Waals surface area contributed by atoms with Crippen molar-refractivity contribution in [1.82, 2.24) is 0 Å². The van der Waals surface area contributed by atoms with Gasteiger partial charge in [-0.2, -0.15) is 0 Å². The van der Waals surface area contributed by atoms with Crippen molar-refractivity contribution in [2.24, 2.45) is 0 Å². The third kappa shape index (κ3) is 3.99. The van der Waals surface area contributed by atoms with Gasteiger partial charge in [-0.25, -0.2) is 4.79 Å². The molecule has 0 bridgehead atoms. The van der Waals surface area contributed by atoms with E-state index in [1.807, 2.05) is 66.0 Å². The summed E-state index contributed by atoms with van der Waals surface area (Å²) in [5.74, 6) is -0.398. The monoisotopic (exact) mass is 324 g/mol. The number of aliphatic carboxylic acids is 1. The topological polar surface area (TPSA) is 46.5 Å². The van der Waals surface area contributed by atoms with Crippen molar-refractivity contribution in [2.45, 2.75) is 12.5 Å². The second-order valence-corrected chi connectivity index (χ2v) is 6.08. The molecular weight excluding hydrogens is 308 g/mol. The Labute approximate surface area is 138 Å². The highest BCUT2D eigenvalue weighted by atomic mass is 32.1. The van der Waals surface area contributed by atoms with Crippen LogP contribution < -0.4 is 4.74 Å². The first-order chi connectivity index (χ1) is 11.2. The lowest BCUT2D eigenvalue weighted by atomic mass is 10.1. The number of rotatable bonds is 6. The van der Waals surface area contributed by atoms with E-state index in [2.05, 4.69) is 6.07 Å². The van der Waals surface area contributed by atoms with E-state index in [0.29, 0.717) is 12.2 Å². The Morgan fingerprint density at radius 2 is 1.74 bits per heavy atom. The Morgan fingerprint density at radius 3 is 2.35 bits per heavy atom. The summed E-state index contributed by atoms with van der Waals surface area (Å²) in [4.78, 5) is 12.6. The maximum absolute atomic E-state index is 11.4. The lowest BCUT2D eigenvalue weighted by Crippen LogP contribution is -2.29. The Bertz CT molecular complexity index is 749. The zero-order valence-corrected chi connectivity index (χ0v) is 13.2. The Balaban J connectivity index is 1.71. The Morgan fingerprint density at radius 1 is 1.00 bits per heavy atom. The minimum Gasteiger partial charge on any atom is -0.478 e. The maximum Gasteiger partial charge on any atom is 0.345 e. The van der Waals surface area contributed by atoms with Crippen LogP contribution in [0.4, 0.5) is 0 Å². The minimum absolute atomic E-state index is 0.336. The molecule has 0 radical (unpaired) electrons. The van der Waals surface area contributed by atoms with E-state index in [-0.39, 0.29) is 0 Å². The van der Waals surface area contributed by atoms with Crippen LogP contribution in [-0.4, -0.2) is 17.2 Å². The molecule has 0 spiro atoms. The number of benzene rings is 2. The first-order valence-electron chi connectivity index (χ1n) is 7.30. The lowest BCUT2D eigenvalue weighted by molar-refractivity contribution is -0.145. The van der Waals surface area contributed by atoms with Crippen LogP contribution in [0.2, 0.25) is 0 Å². The minimum atomic E-state index is -0.962. The van der Waals surface area contributed by atoms with Crippen LogP contribution in [-0.2, 0) is 11.2 Å². The predicted octanol–water partition coefficient (Wildman–Crippen LogP) is 4.49. The zero-order chi connectivity index (χ0) is 16.1. The van der Waals surface area contributed by atoms with Gasteiger partial charge in [-0.3, -0.25) is 0 Å². The largest absolute Gasteiger partial charge is 0.478 e. The van der Waals surface area contributed by atoms with Crippen molar-refractivity contribution in [1.29, 1.82) is 0 Å². The molecule has 0 aliphatic carbocycles. The van der Waals surface area contributed by atoms with Gasteiger partial charge in [0.25, 0.3) is 0 Å². The predicted molar refractivity (Wildman–Crippen MR) is 92.0 cm³/mol.